The summed E-state index contributed by atoms with van der Waals surface area (Å²) in [4.78, 5) is 22.1. The largest absolute Gasteiger partial charge is 0.342 e. The molecule has 0 bridgehead atoms. The van der Waals surface area contributed by atoms with Gasteiger partial charge in [-0.15, -0.1) is 0 Å². The number of carbonyl (C=O) groups is 1. The number of benzene rings is 1. The maximum absolute atomic E-state index is 12.2. The van der Waals surface area contributed by atoms with Crippen LogP contribution in [0.2, 0.25) is 0 Å². The summed E-state index contributed by atoms with van der Waals surface area (Å²) in [6.07, 6.45) is 1.23. The Bertz CT molecular complexity index is 620. The summed E-state index contributed by atoms with van der Waals surface area (Å²) in [6, 6.07) is 4.24. The van der Waals surface area contributed by atoms with E-state index in [9.17, 15) is 4.79 Å². The van der Waals surface area contributed by atoms with Crippen molar-refractivity contribution in [2.45, 2.75) is 26.7 Å². The molecule has 21 heavy (non-hydrogen) atoms. The summed E-state index contributed by atoms with van der Waals surface area (Å²) >= 11 is 1.92. The third-order valence-corrected chi connectivity index (χ3v) is 5.03. The van der Waals surface area contributed by atoms with Crippen molar-refractivity contribution in [3.05, 3.63) is 29.1 Å². The summed E-state index contributed by atoms with van der Waals surface area (Å²) in [7, 11) is 0. The number of H-pyrrole nitrogens is 1. The molecule has 0 saturated carbocycles. The van der Waals surface area contributed by atoms with Crippen molar-refractivity contribution >= 4 is 28.7 Å². The van der Waals surface area contributed by atoms with Crippen LogP contribution in [0.5, 0.6) is 0 Å². The monoisotopic (exact) mass is 303 g/mol. The van der Waals surface area contributed by atoms with Crippen LogP contribution >= 0.6 is 11.8 Å². The van der Waals surface area contributed by atoms with E-state index in [2.05, 4.69) is 35.9 Å². The van der Waals surface area contributed by atoms with E-state index in [1.54, 1.807) is 0 Å². The lowest BCUT2D eigenvalue weighted by Crippen LogP contribution is -2.38. The molecule has 2 aromatic rings. The molecule has 0 spiro atoms. The number of nitrogens with one attached hydrogen (secondary N) is 1. The topological polar surface area (TPSA) is 49.0 Å². The predicted molar refractivity (Wildman–Crippen MR) is 87.8 cm³/mol. The number of imidazole rings is 1. The third-order valence-electron chi connectivity index (χ3n) is 4.09. The lowest BCUT2D eigenvalue weighted by atomic mass is 10.1. The molecule has 4 nitrogen and oxygen atoms in total. The first-order chi connectivity index (χ1) is 10.1. The Morgan fingerprint density at radius 1 is 1.29 bits per heavy atom. The molecular weight excluding hydrogens is 282 g/mol. The molecule has 1 N–H and O–H groups in total. The highest BCUT2D eigenvalue weighted by molar-refractivity contribution is 7.99. The maximum Gasteiger partial charge on any atom is 0.223 e. The van der Waals surface area contributed by atoms with E-state index in [4.69, 9.17) is 0 Å². The minimum Gasteiger partial charge on any atom is -0.342 e. The Morgan fingerprint density at radius 2 is 2.00 bits per heavy atom. The van der Waals surface area contributed by atoms with Crippen LogP contribution in [0.25, 0.3) is 11.0 Å². The van der Waals surface area contributed by atoms with E-state index in [1.807, 2.05) is 16.7 Å². The second-order valence-electron chi connectivity index (χ2n) is 5.63. The lowest BCUT2D eigenvalue weighted by molar-refractivity contribution is -0.130. The molecule has 2 heterocycles. The van der Waals surface area contributed by atoms with Gasteiger partial charge in [-0.1, -0.05) is 0 Å². The van der Waals surface area contributed by atoms with Crippen LogP contribution in [0.1, 0.15) is 23.4 Å². The molecule has 112 valence electrons. The molecular formula is C16H21N3OS. The van der Waals surface area contributed by atoms with E-state index < -0.39 is 0 Å². The van der Waals surface area contributed by atoms with Gasteiger partial charge in [0.15, 0.2) is 0 Å². The van der Waals surface area contributed by atoms with Crippen LogP contribution in [0.15, 0.2) is 12.1 Å². The summed E-state index contributed by atoms with van der Waals surface area (Å²) in [5.74, 6) is 3.29. The Labute approximate surface area is 129 Å². The molecule has 0 radical (unpaired) electrons. The van der Waals surface area contributed by atoms with Gasteiger partial charge in [-0.05, 0) is 37.1 Å². The normalized spacial score (nSPS) is 15.6. The quantitative estimate of drug-likeness (QED) is 0.948. The van der Waals surface area contributed by atoms with Gasteiger partial charge in [-0.3, -0.25) is 4.79 Å². The van der Waals surface area contributed by atoms with Crippen molar-refractivity contribution < 1.29 is 4.79 Å². The van der Waals surface area contributed by atoms with Crippen molar-refractivity contribution in [3.63, 3.8) is 0 Å². The minimum absolute atomic E-state index is 0.253. The Kier molecular flexibility index (Phi) is 4.19. The first-order valence-electron chi connectivity index (χ1n) is 7.45. The predicted octanol–water partition coefficient (Wildman–Crippen LogP) is 2.69. The van der Waals surface area contributed by atoms with Crippen molar-refractivity contribution in [3.8, 4) is 0 Å². The van der Waals surface area contributed by atoms with E-state index in [-0.39, 0.29) is 5.91 Å². The molecule has 1 fully saturated rings. The number of hydrogen-bond acceptors (Lipinski definition) is 3. The zero-order valence-corrected chi connectivity index (χ0v) is 13.4. The summed E-state index contributed by atoms with van der Waals surface area (Å²) in [5, 5.41) is 0. The fourth-order valence-corrected chi connectivity index (χ4v) is 3.54. The highest BCUT2D eigenvalue weighted by Gasteiger charge is 2.17. The summed E-state index contributed by atoms with van der Waals surface area (Å²) < 4.78 is 0. The number of fused-ring (bicyclic) bond motifs is 1. The molecule has 0 atom stereocenters. The average Bonchev–Trinajstić information content (AvgIpc) is 2.88. The highest BCUT2D eigenvalue weighted by Crippen LogP contribution is 2.18. The van der Waals surface area contributed by atoms with Gasteiger partial charge in [-0.25, -0.2) is 4.98 Å². The molecule has 1 saturated heterocycles. The molecule has 1 amide bonds. The fourth-order valence-electron chi connectivity index (χ4n) is 2.64. The van der Waals surface area contributed by atoms with E-state index in [0.29, 0.717) is 12.8 Å². The second-order valence-corrected chi connectivity index (χ2v) is 6.86. The van der Waals surface area contributed by atoms with Crippen LogP contribution in [0, 0.1) is 13.8 Å². The van der Waals surface area contributed by atoms with Gasteiger partial charge in [0.05, 0.1) is 11.0 Å². The minimum atomic E-state index is 0.253. The molecule has 0 aliphatic carbocycles. The van der Waals surface area contributed by atoms with Gasteiger partial charge in [0.25, 0.3) is 0 Å². The van der Waals surface area contributed by atoms with Crippen LogP contribution in [0.3, 0.4) is 0 Å². The molecule has 1 aromatic heterocycles. The van der Waals surface area contributed by atoms with Gasteiger partial charge in [0, 0.05) is 37.4 Å². The number of aryl methyl sites for hydroxylation is 3. The molecule has 1 aliphatic heterocycles. The smallest absolute Gasteiger partial charge is 0.223 e. The van der Waals surface area contributed by atoms with Gasteiger partial charge >= 0.3 is 0 Å². The van der Waals surface area contributed by atoms with E-state index in [1.165, 1.54) is 11.1 Å². The average molecular weight is 303 g/mol. The summed E-state index contributed by atoms with van der Waals surface area (Å²) in [6.45, 7) is 5.98. The summed E-state index contributed by atoms with van der Waals surface area (Å²) in [5.41, 5.74) is 4.58. The fraction of sp³-hybridized carbons (Fsp3) is 0.500. The standard InChI is InChI=1S/C16H21N3OS/c1-11-9-13-14(10-12(11)2)18-15(17-13)3-4-16(20)19-5-7-21-8-6-19/h9-10H,3-8H2,1-2H3,(H,17,18). The molecule has 5 heteroatoms. The van der Waals surface area contributed by atoms with Gasteiger partial charge in [0.2, 0.25) is 5.91 Å². The van der Waals surface area contributed by atoms with Crippen molar-refractivity contribution in [1.29, 1.82) is 0 Å². The number of amides is 1. The van der Waals surface area contributed by atoms with Crippen molar-refractivity contribution in [2.75, 3.05) is 24.6 Å². The number of nitrogens with zero attached hydrogens (tertiary/aromatic N) is 2. The zero-order chi connectivity index (χ0) is 14.8. The first kappa shape index (κ1) is 14.4. The molecule has 0 unspecified atom stereocenters. The van der Waals surface area contributed by atoms with Crippen LogP contribution in [-0.2, 0) is 11.2 Å². The Balaban J connectivity index is 1.66. The van der Waals surface area contributed by atoms with Crippen molar-refractivity contribution in [2.24, 2.45) is 0 Å². The van der Waals surface area contributed by atoms with E-state index in [0.717, 1.165) is 41.5 Å². The van der Waals surface area contributed by atoms with E-state index >= 15 is 0 Å². The number of hydrogen-bond donors (Lipinski definition) is 1. The molecule has 3 rings (SSSR count). The van der Waals surface area contributed by atoms with Crippen LogP contribution in [-0.4, -0.2) is 45.4 Å². The van der Waals surface area contributed by atoms with Gasteiger partial charge in [-0.2, -0.15) is 11.8 Å². The van der Waals surface area contributed by atoms with Gasteiger partial charge < -0.3 is 9.88 Å². The SMILES string of the molecule is Cc1cc2nc(CCC(=O)N3CCSCC3)[nH]c2cc1C. The lowest BCUT2D eigenvalue weighted by Gasteiger charge is -2.26. The molecule has 1 aliphatic rings. The number of aromatic amines is 1. The number of carbonyl (C=O) groups excluding carboxylic acids is 1. The number of aromatic nitrogens is 2. The Morgan fingerprint density at radius 3 is 2.76 bits per heavy atom. The third kappa shape index (κ3) is 3.23. The second kappa shape index (κ2) is 6.10. The van der Waals surface area contributed by atoms with Crippen molar-refractivity contribution in [1.82, 2.24) is 14.9 Å². The number of thioether (sulfide) groups is 1. The van der Waals surface area contributed by atoms with Crippen LogP contribution < -0.4 is 0 Å². The van der Waals surface area contributed by atoms with Crippen LogP contribution in [0.4, 0.5) is 0 Å². The van der Waals surface area contributed by atoms with Gasteiger partial charge in [0.1, 0.15) is 5.82 Å². The highest BCUT2D eigenvalue weighted by atomic mass is 32.2. The number of rotatable bonds is 3. The molecule has 1 aromatic carbocycles. The zero-order valence-electron chi connectivity index (χ0n) is 12.6. The first-order valence-corrected chi connectivity index (χ1v) is 8.60. The Hall–Kier alpha value is -1.49. The maximum atomic E-state index is 12.2.